The fourth-order valence-corrected chi connectivity index (χ4v) is 1.63. The molecule has 0 radical (unpaired) electrons. The Morgan fingerprint density at radius 3 is 2.31 bits per heavy atom. The predicted octanol–water partition coefficient (Wildman–Crippen LogP) is 0.359. The summed E-state index contributed by atoms with van der Waals surface area (Å²) in [4.78, 5) is 35.8. The molecule has 0 aromatic rings. The summed E-state index contributed by atoms with van der Waals surface area (Å²) in [5, 5.41) is 2.14. The molecule has 4 amide bonds. The Morgan fingerprint density at radius 1 is 1.31 bits per heavy atom. The van der Waals surface area contributed by atoms with E-state index in [4.69, 9.17) is 6.42 Å². The normalized spacial score (nSPS) is 23.1. The third kappa shape index (κ3) is 1.91. The molecule has 5 heteroatoms. The zero-order valence-corrected chi connectivity index (χ0v) is 9.48. The molecular formula is C11H14N2O3. The number of amides is 4. The van der Waals surface area contributed by atoms with Crippen LogP contribution in [0.25, 0.3) is 0 Å². The van der Waals surface area contributed by atoms with Gasteiger partial charge in [0.25, 0.3) is 0 Å². The summed E-state index contributed by atoms with van der Waals surface area (Å²) in [5.74, 6) is 0.221. The second kappa shape index (κ2) is 4.35. The van der Waals surface area contributed by atoms with Crippen molar-refractivity contribution in [3.63, 3.8) is 0 Å². The van der Waals surface area contributed by atoms with Gasteiger partial charge in [-0.1, -0.05) is 19.8 Å². The second-order valence-electron chi connectivity index (χ2n) is 4.07. The largest absolute Gasteiger partial charge is 0.331 e. The van der Waals surface area contributed by atoms with Gasteiger partial charge in [0.2, 0.25) is 11.8 Å². The van der Waals surface area contributed by atoms with Gasteiger partial charge in [-0.25, -0.2) is 9.69 Å². The van der Waals surface area contributed by atoms with Gasteiger partial charge in [-0.15, -0.1) is 6.42 Å². The number of barbiturate groups is 1. The summed E-state index contributed by atoms with van der Waals surface area (Å²) < 4.78 is 0. The number of rotatable bonds is 2. The van der Waals surface area contributed by atoms with Crippen LogP contribution < -0.4 is 5.32 Å². The van der Waals surface area contributed by atoms with Crippen LogP contribution in [0.3, 0.4) is 0 Å². The lowest BCUT2D eigenvalue weighted by atomic mass is 9.91. The molecule has 1 saturated heterocycles. The Balaban J connectivity index is 3.05. The smallest absolute Gasteiger partial charge is 0.277 e. The highest BCUT2D eigenvalue weighted by atomic mass is 16.2. The van der Waals surface area contributed by atoms with Crippen molar-refractivity contribution >= 4 is 17.8 Å². The third-order valence-electron chi connectivity index (χ3n) is 2.53. The van der Waals surface area contributed by atoms with Crippen molar-refractivity contribution in [2.24, 2.45) is 11.8 Å². The Bertz CT molecular complexity index is 381. The van der Waals surface area contributed by atoms with E-state index in [0.717, 1.165) is 4.90 Å². The number of carbonyl (C=O) groups is 3. The first-order valence-corrected chi connectivity index (χ1v) is 5.04. The van der Waals surface area contributed by atoms with Crippen LogP contribution in [-0.4, -0.2) is 28.8 Å². The average Bonchev–Trinajstić information content (AvgIpc) is 2.15. The second-order valence-corrected chi connectivity index (χ2v) is 4.07. The van der Waals surface area contributed by atoms with E-state index in [9.17, 15) is 14.4 Å². The molecule has 1 aliphatic heterocycles. The van der Waals surface area contributed by atoms with E-state index >= 15 is 0 Å². The molecule has 5 nitrogen and oxygen atoms in total. The van der Waals surface area contributed by atoms with E-state index in [2.05, 4.69) is 11.2 Å². The molecule has 86 valence electrons. The van der Waals surface area contributed by atoms with Crippen molar-refractivity contribution in [3.05, 3.63) is 0 Å². The van der Waals surface area contributed by atoms with Crippen LogP contribution >= 0.6 is 0 Å². The Hall–Kier alpha value is -1.83. The zero-order valence-electron chi connectivity index (χ0n) is 9.48. The minimum atomic E-state index is -0.839. The monoisotopic (exact) mass is 222 g/mol. The Morgan fingerprint density at radius 2 is 1.88 bits per heavy atom. The van der Waals surface area contributed by atoms with E-state index in [-0.39, 0.29) is 5.92 Å². The number of urea groups is 1. The van der Waals surface area contributed by atoms with E-state index in [1.165, 1.54) is 0 Å². The average molecular weight is 222 g/mol. The number of carbonyl (C=O) groups excluding carboxylic acids is 3. The van der Waals surface area contributed by atoms with Crippen LogP contribution in [-0.2, 0) is 9.59 Å². The minimum absolute atomic E-state index is 0.173. The zero-order chi connectivity index (χ0) is 12.5. The van der Waals surface area contributed by atoms with E-state index in [1.54, 1.807) is 20.8 Å². The van der Waals surface area contributed by atoms with Crippen LogP contribution in [0.5, 0.6) is 0 Å². The number of imide groups is 2. The van der Waals surface area contributed by atoms with Crippen LogP contribution in [0.4, 0.5) is 4.79 Å². The van der Waals surface area contributed by atoms with Crippen LogP contribution in [0.2, 0.25) is 0 Å². The van der Waals surface area contributed by atoms with Gasteiger partial charge < -0.3 is 0 Å². The molecule has 0 saturated carbocycles. The van der Waals surface area contributed by atoms with Gasteiger partial charge in [-0.3, -0.25) is 14.9 Å². The number of nitrogens with zero attached hydrogens (tertiary/aromatic N) is 1. The first kappa shape index (κ1) is 12.2. The maximum atomic E-state index is 11.9. The Kier molecular flexibility index (Phi) is 3.33. The predicted molar refractivity (Wildman–Crippen MR) is 57.0 cm³/mol. The number of nitrogens with one attached hydrogen (secondary N) is 1. The molecule has 0 aromatic heterocycles. The fourth-order valence-electron chi connectivity index (χ4n) is 1.63. The quantitative estimate of drug-likeness (QED) is 0.542. The van der Waals surface area contributed by atoms with Crippen molar-refractivity contribution in [3.8, 4) is 12.3 Å². The van der Waals surface area contributed by atoms with Gasteiger partial charge >= 0.3 is 6.03 Å². The molecule has 1 N–H and O–H groups in total. The lowest BCUT2D eigenvalue weighted by molar-refractivity contribution is -0.145. The lowest BCUT2D eigenvalue weighted by Crippen LogP contribution is -2.61. The summed E-state index contributed by atoms with van der Waals surface area (Å²) in [6.45, 7) is 5.05. The third-order valence-corrected chi connectivity index (χ3v) is 2.53. The number of hydrogen-bond acceptors (Lipinski definition) is 3. The molecular weight excluding hydrogens is 208 g/mol. The van der Waals surface area contributed by atoms with Crippen molar-refractivity contribution in [1.82, 2.24) is 10.2 Å². The van der Waals surface area contributed by atoms with Crippen LogP contribution in [0, 0.1) is 24.2 Å². The highest BCUT2D eigenvalue weighted by Crippen LogP contribution is 2.20. The van der Waals surface area contributed by atoms with Gasteiger partial charge in [-0.05, 0) is 12.8 Å². The van der Waals surface area contributed by atoms with Gasteiger partial charge in [0.05, 0.1) is 6.04 Å². The highest BCUT2D eigenvalue weighted by Gasteiger charge is 2.43. The molecule has 2 unspecified atom stereocenters. The molecule has 0 aromatic carbocycles. The van der Waals surface area contributed by atoms with Crippen molar-refractivity contribution in [2.45, 2.75) is 26.8 Å². The van der Waals surface area contributed by atoms with Crippen molar-refractivity contribution < 1.29 is 14.4 Å². The van der Waals surface area contributed by atoms with Crippen LogP contribution in [0.1, 0.15) is 20.8 Å². The molecule has 1 rings (SSSR count). The summed E-state index contributed by atoms with van der Waals surface area (Å²) in [5.41, 5.74) is 0. The summed E-state index contributed by atoms with van der Waals surface area (Å²) in [7, 11) is 0. The van der Waals surface area contributed by atoms with Gasteiger partial charge in [0.1, 0.15) is 5.92 Å². The Labute approximate surface area is 94.2 Å². The first-order valence-electron chi connectivity index (χ1n) is 5.04. The molecule has 16 heavy (non-hydrogen) atoms. The topological polar surface area (TPSA) is 66.5 Å². The maximum Gasteiger partial charge on any atom is 0.331 e. The van der Waals surface area contributed by atoms with E-state index in [1.807, 2.05) is 0 Å². The summed E-state index contributed by atoms with van der Waals surface area (Å²) in [6.07, 6.45) is 5.17. The van der Waals surface area contributed by atoms with Crippen molar-refractivity contribution in [1.29, 1.82) is 0 Å². The number of terminal acetylenes is 1. The molecule has 1 heterocycles. The molecule has 1 fully saturated rings. The minimum Gasteiger partial charge on any atom is -0.277 e. The lowest BCUT2D eigenvalue weighted by Gasteiger charge is -2.33. The van der Waals surface area contributed by atoms with Gasteiger partial charge in [0.15, 0.2) is 0 Å². The van der Waals surface area contributed by atoms with Gasteiger partial charge in [0, 0.05) is 0 Å². The first-order chi connectivity index (χ1) is 7.40. The van der Waals surface area contributed by atoms with Crippen molar-refractivity contribution in [2.75, 3.05) is 0 Å². The maximum absolute atomic E-state index is 11.9. The molecule has 1 aliphatic rings. The SMILES string of the molecule is C#CC(C)N1C(=O)NC(=O)C(C(C)C)C1=O. The van der Waals surface area contributed by atoms with Crippen LogP contribution in [0.15, 0.2) is 0 Å². The van der Waals surface area contributed by atoms with E-state index < -0.39 is 29.8 Å². The molecule has 0 aliphatic carbocycles. The van der Waals surface area contributed by atoms with E-state index in [0.29, 0.717) is 0 Å². The highest BCUT2D eigenvalue weighted by molar-refractivity contribution is 6.16. The fraction of sp³-hybridized carbons (Fsp3) is 0.545. The standard InChI is InChI=1S/C11H14N2O3/c1-5-7(4)13-10(15)8(6(2)3)9(14)12-11(13)16/h1,6-8H,2-4H3,(H,12,14,16). The molecule has 0 bridgehead atoms. The summed E-state index contributed by atoms with van der Waals surface area (Å²) >= 11 is 0. The molecule has 2 atom stereocenters. The summed E-state index contributed by atoms with van der Waals surface area (Å²) in [6, 6.07) is -1.39. The molecule has 0 spiro atoms. The van der Waals surface area contributed by atoms with Gasteiger partial charge in [-0.2, -0.15) is 0 Å². The number of hydrogen-bond donors (Lipinski definition) is 1.